The van der Waals surface area contributed by atoms with Gasteiger partial charge in [-0.2, -0.15) is 0 Å². The summed E-state index contributed by atoms with van der Waals surface area (Å²) < 4.78 is 9.53. The SMILES string of the molecule is CCc1cccc(OC[C@H](O)Cn2cnc3c2c(=O)n(C)c(=O)n3C)c1. The Morgan fingerprint density at radius 1 is 1.23 bits per heavy atom. The maximum atomic E-state index is 12.4. The summed E-state index contributed by atoms with van der Waals surface area (Å²) >= 11 is 0. The summed E-state index contributed by atoms with van der Waals surface area (Å²) in [6.07, 6.45) is 1.52. The number of fused-ring (bicyclic) bond motifs is 1. The lowest BCUT2D eigenvalue weighted by Gasteiger charge is -2.14. The molecule has 0 saturated heterocycles. The Morgan fingerprint density at radius 3 is 2.73 bits per heavy atom. The number of aryl methyl sites for hydroxylation is 2. The van der Waals surface area contributed by atoms with Gasteiger partial charge in [0.25, 0.3) is 5.56 Å². The van der Waals surface area contributed by atoms with Gasteiger partial charge in [-0.3, -0.25) is 13.9 Å². The fraction of sp³-hybridized carbons (Fsp3) is 0.389. The van der Waals surface area contributed by atoms with Crippen LogP contribution in [0, 0.1) is 0 Å². The molecule has 2 aromatic heterocycles. The van der Waals surface area contributed by atoms with Gasteiger partial charge in [-0.25, -0.2) is 9.78 Å². The number of rotatable bonds is 6. The average Bonchev–Trinajstić information content (AvgIpc) is 3.06. The third kappa shape index (κ3) is 3.28. The van der Waals surface area contributed by atoms with Crippen LogP contribution in [-0.2, 0) is 27.1 Å². The third-order valence-corrected chi connectivity index (χ3v) is 4.37. The molecular weight excluding hydrogens is 336 g/mol. The second kappa shape index (κ2) is 7.17. The quantitative estimate of drug-likeness (QED) is 0.690. The van der Waals surface area contributed by atoms with E-state index in [1.807, 2.05) is 24.3 Å². The third-order valence-electron chi connectivity index (χ3n) is 4.37. The van der Waals surface area contributed by atoms with Crippen LogP contribution in [0.3, 0.4) is 0 Å². The maximum absolute atomic E-state index is 12.4. The predicted molar refractivity (Wildman–Crippen MR) is 97.5 cm³/mol. The molecule has 0 aliphatic rings. The number of aromatic nitrogens is 4. The molecule has 8 nitrogen and oxygen atoms in total. The number of nitrogens with zero attached hydrogens (tertiary/aromatic N) is 4. The Labute approximate surface area is 149 Å². The van der Waals surface area contributed by atoms with Crippen molar-refractivity contribution in [1.29, 1.82) is 0 Å². The first-order valence-electron chi connectivity index (χ1n) is 8.43. The van der Waals surface area contributed by atoms with Crippen molar-refractivity contribution >= 4 is 11.2 Å². The zero-order chi connectivity index (χ0) is 18.8. The number of ether oxygens (including phenoxy) is 1. The fourth-order valence-electron chi connectivity index (χ4n) is 2.86. The van der Waals surface area contributed by atoms with E-state index in [1.54, 1.807) is 11.6 Å². The van der Waals surface area contributed by atoms with Gasteiger partial charge in [0, 0.05) is 14.1 Å². The highest BCUT2D eigenvalue weighted by molar-refractivity contribution is 5.69. The molecule has 1 N–H and O–H groups in total. The molecule has 0 spiro atoms. The van der Waals surface area contributed by atoms with Crippen molar-refractivity contribution < 1.29 is 9.84 Å². The van der Waals surface area contributed by atoms with Crippen LogP contribution in [0.2, 0.25) is 0 Å². The first kappa shape index (κ1) is 17.9. The summed E-state index contributed by atoms with van der Waals surface area (Å²) in [6.45, 7) is 2.28. The van der Waals surface area contributed by atoms with Crippen molar-refractivity contribution in [1.82, 2.24) is 18.7 Å². The monoisotopic (exact) mass is 358 g/mol. The van der Waals surface area contributed by atoms with Gasteiger partial charge in [0.1, 0.15) is 18.5 Å². The number of aliphatic hydroxyl groups excluding tert-OH is 1. The van der Waals surface area contributed by atoms with Crippen molar-refractivity contribution in [2.45, 2.75) is 26.0 Å². The van der Waals surface area contributed by atoms with Gasteiger partial charge in [0.05, 0.1) is 12.9 Å². The zero-order valence-corrected chi connectivity index (χ0v) is 15.0. The highest BCUT2D eigenvalue weighted by Crippen LogP contribution is 2.14. The van der Waals surface area contributed by atoms with E-state index in [4.69, 9.17) is 4.74 Å². The zero-order valence-electron chi connectivity index (χ0n) is 15.0. The van der Waals surface area contributed by atoms with E-state index in [-0.39, 0.29) is 18.7 Å². The summed E-state index contributed by atoms with van der Waals surface area (Å²) in [5, 5.41) is 10.3. The largest absolute Gasteiger partial charge is 0.491 e. The predicted octanol–water partition coefficient (Wildman–Crippen LogP) is 0.436. The van der Waals surface area contributed by atoms with Crippen molar-refractivity contribution in [3.63, 3.8) is 0 Å². The van der Waals surface area contributed by atoms with Gasteiger partial charge in [-0.1, -0.05) is 19.1 Å². The lowest BCUT2D eigenvalue weighted by atomic mass is 10.2. The molecule has 0 aliphatic heterocycles. The number of hydrogen-bond acceptors (Lipinski definition) is 5. The molecule has 0 amide bonds. The molecule has 0 fully saturated rings. The van der Waals surface area contributed by atoms with E-state index in [0.29, 0.717) is 11.4 Å². The first-order chi connectivity index (χ1) is 12.4. The molecule has 26 heavy (non-hydrogen) atoms. The van der Waals surface area contributed by atoms with Gasteiger partial charge >= 0.3 is 5.69 Å². The number of benzene rings is 1. The minimum absolute atomic E-state index is 0.0823. The number of hydrogen-bond donors (Lipinski definition) is 1. The summed E-state index contributed by atoms with van der Waals surface area (Å²) in [5.41, 5.74) is 0.849. The minimum atomic E-state index is -0.834. The summed E-state index contributed by atoms with van der Waals surface area (Å²) in [5.74, 6) is 0.692. The van der Waals surface area contributed by atoms with Gasteiger partial charge in [-0.05, 0) is 24.1 Å². The summed E-state index contributed by atoms with van der Waals surface area (Å²) in [4.78, 5) is 28.5. The van der Waals surface area contributed by atoms with Gasteiger partial charge < -0.3 is 14.4 Å². The van der Waals surface area contributed by atoms with E-state index >= 15 is 0 Å². The Hall–Kier alpha value is -2.87. The lowest BCUT2D eigenvalue weighted by Crippen LogP contribution is -2.38. The van der Waals surface area contributed by atoms with Crippen LogP contribution < -0.4 is 16.0 Å². The molecule has 0 aliphatic carbocycles. The molecule has 1 atom stereocenters. The highest BCUT2D eigenvalue weighted by atomic mass is 16.5. The first-order valence-corrected chi connectivity index (χ1v) is 8.43. The highest BCUT2D eigenvalue weighted by Gasteiger charge is 2.16. The second-order valence-corrected chi connectivity index (χ2v) is 6.24. The number of aliphatic hydroxyl groups is 1. The van der Waals surface area contributed by atoms with Crippen LogP contribution in [0.4, 0.5) is 0 Å². The van der Waals surface area contributed by atoms with E-state index in [1.165, 1.54) is 17.9 Å². The molecule has 0 unspecified atom stereocenters. The van der Waals surface area contributed by atoms with E-state index in [2.05, 4.69) is 11.9 Å². The molecule has 138 valence electrons. The van der Waals surface area contributed by atoms with Crippen LogP contribution in [0.1, 0.15) is 12.5 Å². The number of imidazole rings is 1. The maximum Gasteiger partial charge on any atom is 0.332 e. The van der Waals surface area contributed by atoms with Crippen molar-refractivity contribution in [3.8, 4) is 5.75 Å². The molecule has 0 radical (unpaired) electrons. The summed E-state index contributed by atoms with van der Waals surface area (Å²) in [6, 6.07) is 7.70. The standard InChI is InChI=1S/C18H22N4O4/c1-4-12-6-5-7-14(8-12)26-10-13(23)9-22-11-19-16-15(22)17(24)21(3)18(25)20(16)2/h5-8,11,13,23H,4,9-10H2,1-3H3/t13-/m1/s1. The lowest BCUT2D eigenvalue weighted by molar-refractivity contribution is 0.0933. The van der Waals surface area contributed by atoms with Crippen LogP contribution in [0.5, 0.6) is 5.75 Å². The normalized spacial score (nSPS) is 12.5. The van der Waals surface area contributed by atoms with Gasteiger partial charge in [-0.15, -0.1) is 0 Å². The van der Waals surface area contributed by atoms with Gasteiger partial charge in [0.2, 0.25) is 0 Å². The Morgan fingerprint density at radius 2 is 2.00 bits per heavy atom. The van der Waals surface area contributed by atoms with E-state index < -0.39 is 17.4 Å². The molecule has 3 rings (SSSR count). The van der Waals surface area contributed by atoms with Crippen LogP contribution >= 0.6 is 0 Å². The Balaban J connectivity index is 1.78. The molecule has 0 bridgehead atoms. The van der Waals surface area contributed by atoms with E-state index in [0.717, 1.165) is 16.6 Å². The molecule has 8 heteroatoms. The van der Waals surface area contributed by atoms with Crippen molar-refractivity contribution in [3.05, 3.63) is 57.0 Å². The molecule has 2 heterocycles. The van der Waals surface area contributed by atoms with Crippen molar-refractivity contribution in [2.75, 3.05) is 6.61 Å². The smallest absolute Gasteiger partial charge is 0.332 e. The molecular formula is C18H22N4O4. The summed E-state index contributed by atoms with van der Waals surface area (Å²) in [7, 11) is 2.98. The topological polar surface area (TPSA) is 91.3 Å². The van der Waals surface area contributed by atoms with Crippen molar-refractivity contribution in [2.24, 2.45) is 14.1 Å². The molecule has 3 aromatic rings. The minimum Gasteiger partial charge on any atom is -0.491 e. The van der Waals surface area contributed by atoms with E-state index in [9.17, 15) is 14.7 Å². The van der Waals surface area contributed by atoms with Crippen LogP contribution in [0.15, 0.2) is 40.2 Å². The second-order valence-electron chi connectivity index (χ2n) is 6.24. The fourth-order valence-corrected chi connectivity index (χ4v) is 2.86. The Bertz CT molecular complexity index is 1050. The van der Waals surface area contributed by atoms with Crippen LogP contribution in [0.25, 0.3) is 11.2 Å². The average molecular weight is 358 g/mol. The van der Waals surface area contributed by atoms with Crippen LogP contribution in [-0.4, -0.2) is 36.5 Å². The molecule has 0 saturated carbocycles. The Kier molecular flexibility index (Phi) is 4.94. The molecule has 1 aromatic carbocycles. The van der Waals surface area contributed by atoms with Gasteiger partial charge in [0.15, 0.2) is 11.2 Å².